The maximum absolute atomic E-state index is 14.4. The summed E-state index contributed by atoms with van der Waals surface area (Å²) in [6.45, 7) is 7.00. The number of sulfonamides is 1. The molecule has 3 N–H and O–H groups in total. The number of nitrogens with one attached hydrogen (secondary N) is 1. The number of aryl methyl sites for hydroxylation is 1. The first kappa shape index (κ1) is 38.9. The Morgan fingerprint density at radius 2 is 1.77 bits per heavy atom. The second-order valence-electron chi connectivity index (χ2n) is 14.2. The van der Waals surface area contributed by atoms with Crippen molar-refractivity contribution in [2.75, 3.05) is 26.2 Å². The van der Waals surface area contributed by atoms with Crippen LogP contribution >= 0.6 is 0 Å². The maximum atomic E-state index is 14.4. The van der Waals surface area contributed by atoms with Crippen LogP contribution in [0.3, 0.4) is 0 Å². The Balaban J connectivity index is 1.39. The highest BCUT2D eigenvalue weighted by molar-refractivity contribution is 7.89. The molecule has 3 amide bonds. The SMILES string of the molecule is CC[C@H](C)[C@@H](C(=O)N[C@@H](Cc1ccccc1)[C@H](O)CN(CC1CCCC1)S(=O)(=O)c1ccc(/C=N/O)cc1)N1CCN(Cc2cccc(C)n2)C1=O. The minimum Gasteiger partial charge on any atom is -0.411 e. The van der Waals surface area contributed by atoms with Crippen molar-refractivity contribution in [3.8, 4) is 0 Å². The van der Waals surface area contributed by atoms with E-state index < -0.39 is 28.2 Å². The molecule has 1 aliphatic carbocycles. The van der Waals surface area contributed by atoms with Crippen molar-refractivity contribution in [1.29, 1.82) is 0 Å². The number of hydrogen-bond donors (Lipinski definition) is 3. The fourth-order valence-corrected chi connectivity index (χ4v) is 8.80. The first-order valence-electron chi connectivity index (χ1n) is 18.3. The number of carbonyl (C=O) groups excluding carboxylic acids is 2. The van der Waals surface area contributed by atoms with E-state index in [0.29, 0.717) is 31.6 Å². The summed E-state index contributed by atoms with van der Waals surface area (Å²) in [6.07, 6.45) is 4.69. The molecule has 0 bridgehead atoms. The third-order valence-corrected chi connectivity index (χ3v) is 12.2. The van der Waals surface area contributed by atoms with Crippen LogP contribution in [0.4, 0.5) is 4.79 Å². The lowest BCUT2D eigenvalue weighted by Crippen LogP contribution is -2.57. The van der Waals surface area contributed by atoms with E-state index in [1.54, 1.807) is 21.9 Å². The molecule has 12 nitrogen and oxygen atoms in total. The number of rotatable bonds is 17. The van der Waals surface area contributed by atoms with Crippen LogP contribution in [0.25, 0.3) is 0 Å². The number of pyridine rings is 1. The minimum absolute atomic E-state index is 0.0613. The first-order valence-corrected chi connectivity index (χ1v) is 19.7. The Morgan fingerprint density at radius 3 is 2.42 bits per heavy atom. The fraction of sp³-hybridized carbons (Fsp3) is 0.487. The number of aliphatic hydroxyl groups is 1. The van der Waals surface area contributed by atoms with E-state index in [1.807, 2.05) is 69.3 Å². The Bertz CT molecular complexity index is 1770. The van der Waals surface area contributed by atoms with Crippen molar-refractivity contribution >= 4 is 28.2 Å². The summed E-state index contributed by atoms with van der Waals surface area (Å²) in [4.78, 5) is 36.1. The normalized spacial score (nSPS) is 17.9. The van der Waals surface area contributed by atoms with Gasteiger partial charge in [-0.3, -0.25) is 9.78 Å². The van der Waals surface area contributed by atoms with Gasteiger partial charge in [-0.05, 0) is 73.4 Å². The molecule has 1 aromatic heterocycles. The summed E-state index contributed by atoms with van der Waals surface area (Å²) in [5, 5.41) is 27.0. The molecule has 0 radical (unpaired) electrons. The summed E-state index contributed by atoms with van der Waals surface area (Å²) in [7, 11) is -4.05. The molecule has 280 valence electrons. The molecule has 1 aliphatic heterocycles. The van der Waals surface area contributed by atoms with Crippen LogP contribution in [-0.2, 0) is 27.8 Å². The smallest absolute Gasteiger partial charge is 0.321 e. The van der Waals surface area contributed by atoms with Crippen molar-refractivity contribution in [3.05, 3.63) is 95.3 Å². The third kappa shape index (κ3) is 9.75. The minimum atomic E-state index is -4.05. The molecule has 0 spiro atoms. The van der Waals surface area contributed by atoms with Gasteiger partial charge in [0.2, 0.25) is 15.9 Å². The first-order chi connectivity index (χ1) is 25.0. The summed E-state index contributed by atoms with van der Waals surface area (Å²) in [6, 6.07) is 19.3. The van der Waals surface area contributed by atoms with E-state index >= 15 is 0 Å². The van der Waals surface area contributed by atoms with Crippen LogP contribution < -0.4 is 5.32 Å². The molecule has 2 heterocycles. The van der Waals surface area contributed by atoms with Crippen molar-refractivity contribution in [2.24, 2.45) is 17.0 Å². The van der Waals surface area contributed by atoms with Crippen LogP contribution in [0.15, 0.2) is 82.8 Å². The predicted molar refractivity (Wildman–Crippen MR) is 199 cm³/mol. The molecule has 2 fully saturated rings. The van der Waals surface area contributed by atoms with E-state index in [4.69, 9.17) is 5.21 Å². The van der Waals surface area contributed by atoms with E-state index in [-0.39, 0.29) is 48.2 Å². The molecule has 52 heavy (non-hydrogen) atoms. The number of hydrogen-bond acceptors (Lipinski definition) is 8. The molecule has 5 rings (SSSR count). The highest BCUT2D eigenvalue weighted by Crippen LogP contribution is 2.29. The zero-order valence-electron chi connectivity index (χ0n) is 30.3. The van der Waals surface area contributed by atoms with Gasteiger partial charge >= 0.3 is 6.03 Å². The highest BCUT2D eigenvalue weighted by Gasteiger charge is 2.41. The molecular weight excluding hydrogens is 681 g/mol. The predicted octanol–water partition coefficient (Wildman–Crippen LogP) is 4.82. The van der Waals surface area contributed by atoms with Gasteiger partial charge in [-0.1, -0.05) is 86.8 Å². The van der Waals surface area contributed by atoms with Crippen LogP contribution in [0.2, 0.25) is 0 Å². The van der Waals surface area contributed by atoms with Gasteiger partial charge in [-0.2, -0.15) is 4.31 Å². The molecule has 0 unspecified atom stereocenters. The Kier molecular flexibility index (Phi) is 13.4. The van der Waals surface area contributed by atoms with Crippen molar-refractivity contribution in [3.63, 3.8) is 0 Å². The van der Waals surface area contributed by atoms with Gasteiger partial charge in [0, 0.05) is 31.9 Å². The number of amides is 3. The molecule has 4 atom stereocenters. The van der Waals surface area contributed by atoms with E-state index in [2.05, 4.69) is 15.5 Å². The Morgan fingerprint density at radius 1 is 1.06 bits per heavy atom. The maximum Gasteiger partial charge on any atom is 0.321 e. The van der Waals surface area contributed by atoms with E-state index in [0.717, 1.165) is 42.6 Å². The summed E-state index contributed by atoms with van der Waals surface area (Å²) in [5.74, 6) is -0.419. The Labute approximate surface area is 307 Å². The largest absolute Gasteiger partial charge is 0.411 e. The van der Waals surface area contributed by atoms with Crippen LogP contribution in [0, 0.1) is 18.8 Å². The number of aliphatic hydroxyl groups excluding tert-OH is 1. The second kappa shape index (κ2) is 17.9. The second-order valence-corrected chi connectivity index (χ2v) is 16.1. The molecule has 1 saturated heterocycles. The average molecular weight is 733 g/mol. The topological polar surface area (TPSA) is 156 Å². The third-order valence-electron chi connectivity index (χ3n) is 10.4. The monoisotopic (exact) mass is 732 g/mol. The highest BCUT2D eigenvalue weighted by atomic mass is 32.2. The van der Waals surface area contributed by atoms with Gasteiger partial charge in [0.1, 0.15) is 6.04 Å². The number of carbonyl (C=O) groups is 2. The lowest BCUT2D eigenvalue weighted by atomic mass is 9.95. The zero-order valence-corrected chi connectivity index (χ0v) is 31.2. The van der Waals surface area contributed by atoms with Gasteiger partial charge in [0.05, 0.1) is 35.5 Å². The average Bonchev–Trinajstić information content (AvgIpc) is 3.78. The van der Waals surface area contributed by atoms with Crippen LogP contribution in [0.1, 0.15) is 68.5 Å². The van der Waals surface area contributed by atoms with Crippen molar-refractivity contribution < 1.29 is 28.3 Å². The lowest BCUT2D eigenvalue weighted by Gasteiger charge is -2.35. The lowest BCUT2D eigenvalue weighted by molar-refractivity contribution is -0.128. The van der Waals surface area contributed by atoms with Crippen molar-refractivity contribution in [1.82, 2.24) is 24.4 Å². The molecular formula is C39H52N6O6S. The summed E-state index contributed by atoms with van der Waals surface area (Å²) < 4.78 is 29.6. The van der Waals surface area contributed by atoms with Gasteiger partial charge in [0.15, 0.2) is 0 Å². The van der Waals surface area contributed by atoms with Crippen LogP contribution in [-0.4, -0.2) is 100 Å². The molecule has 13 heteroatoms. The van der Waals surface area contributed by atoms with Gasteiger partial charge in [-0.15, -0.1) is 0 Å². The van der Waals surface area contributed by atoms with Crippen LogP contribution in [0.5, 0.6) is 0 Å². The number of aromatic nitrogens is 1. The van der Waals surface area contributed by atoms with E-state index in [1.165, 1.54) is 22.7 Å². The molecule has 2 aromatic carbocycles. The molecule has 3 aromatic rings. The summed E-state index contributed by atoms with van der Waals surface area (Å²) >= 11 is 0. The van der Waals surface area contributed by atoms with Gasteiger partial charge in [-0.25, -0.2) is 13.2 Å². The molecule has 1 saturated carbocycles. The van der Waals surface area contributed by atoms with Gasteiger partial charge < -0.3 is 25.4 Å². The number of benzene rings is 2. The quantitative estimate of drug-likeness (QED) is 0.102. The number of urea groups is 1. The Hall–Kier alpha value is -4.33. The standard InChI is InChI=1S/C39H52N6O6S/c1-4-28(2)37(45-22-21-43(39(45)48)26-33-16-10-11-29(3)41-33)38(47)42-35(23-30-12-6-5-7-13-30)36(46)27-44(25-32-14-8-9-15-32)52(50,51)34-19-17-31(18-20-34)24-40-49/h5-7,10-13,16-20,24,28,32,35-37,46,49H,4,8-9,14-15,21-23,25-27H2,1-3H3,(H,42,47)/b40-24+/t28-,35-,36+,37-/m0/s1. The number of oxime groups is 1. The number of nitrogens with zero attached hydrogens (tertiary/aromatic N) is 5. The van der Waals surface area contributed by atoms with Gasteiger partial charge in [0.25, 0.3) is 0 Å². The van der Waals surface area contributed by atoms with E-state index in [9.17, 15) is 23.1 Å². The fourth-order valence-electron chi connectivity index (χ4n) is 7.27. The summed E-state index contributed by atoms with van der Waals surface area (Å²) in [5.41, 5.74) is 3.04. The zero-order chi connectivity index (χ0) is 37.3. The van der Waals surface area contributed by atoms with Crippen molar-refractivity contribution in [2.45, 2.75) is 88.9 Å². The molecule has 2 aliphatic rings.